The summed E-state index contributed by atoms with van der Waals surface area (Å²) in [5.41, 5.74) is 0. The average Bonchev–Trinajstić information content (AvgIpc) is 3.01. The summed E-state index contributed by atoms with van der Waals surface area (Å²) in [5.74, 6) is 2.11. The van der Waals surface area contributed by atoms with Gasteiger partial charge in [0.05, 0.1) is 6.54 Å². The third kappa shape index (κ3) is 2.76. The third-order valence-corrected chi connectivity index (χ3v) is 3.51. The number of hydrogen-bond acceptors (Lipinski definition) is 2. The molecule has 0 bridgehead atoms. The molecule has 5 nitrogen and oxygen atoms in total. The number of carboxylic acids is 1. The van der Waals surface area contributed by atoms with Crippen LogP contribution in [0.5, 0.6) is 0 Å². The molecule has 2 aliphatic rings. The summed E-state index contributed by atoms with van der Waals surface area (Å²) < 4.78 is 0. The van der Waals surface area contributed by atoms with Crippen molar-refractivity contribution in [2.45, 2.75) is 31.7 Å². The number of carbonyl (C=O) groups excluding carboxylic acids is 1. The number of carboxylic acid groups (broad SMARTS) is 1. The molecule has 2 fully saturated rings. The van der Waals surface area contributed by atoms with Crippen molar-refractivity contribution in [2.75, 3.05) is 19.6 Å². The topological polar surface area (TPSA) is 60.9 Å². The smallest absolute Gasteiger partial charge is 0.326 e. The highest BCUT2D eigenvalue weighted by molar-refractivity contribution is 5.83. The quantitative estimate of drug-likeness (QED) is 0.757. The molecule has 0 radical (unpaired) electrons. The van der Waals surface area contributed by atoms with Crippen molar-refractivity contribution in [2.24, 2.45) is 5.92 Å². The Hall–Kier alpha value is -1.70. The highest BCUT2D eigenvalue weighted by atomic mass is 16.4. The van der Waals surface area contributed by atoms with E-state index < -0.39 is 12.0 Å². The van der Waals surface area contributed by atoms with Gasteiger partial charge in [0, 0.05) is 13.1 Å². The van der Waals surface area contributed by atoms with Gasteiger partial charge in [0.1, 0.15) is 6.04 Å². The summed E-state index contributed by atoms with van der Waals surface area (Å²) in [4.78, 5) is 26.4. The van der Waals surface area contributed by atoms with Crippen LogP contribution in [0.25, 0.3) is 0 Å². The van der Waals surface area contributed by atoms with Crippen molar-refractivity contribution < 1.29 is 14.7 Å². The largest absolute Gasteiger partial charge is 0.480 e. The van der Waals surface area contributed by atoms with Gasteiger partial charge in [0.2, 0.25) is 0 Å². The van der Waals surface area contributed by atoms with E-state index >= 15 is 0 Å². The number of hydrogen-bond donors (Lipinski definition) is 1. The van der Waals surface area contributed by atoms with Crippen molar-refractivity contribution in [3.63, 3.8) is 0 Å². The van der Waals surface area contributed by atoms with E-state index in [1.165, 1.54) is 4.90 Å². The first kappa shape index (κ1) is 12.7. The Balaban J connectivity index is 2.02. The highest BCUT2D eigenvalue weighted by Crippen LogP contribution is 2.30. The number of nitrogens with zero attached hydrogens (tertiary/aromatic N) is 2. The zero-order valence-electron chi connectivity index (χ0n) is 10.3. The van der Waals surface area contributed by atoms with Gasteiger partial charge in [-0.1, -0.05) is 5.92 Å². The molecule has 18 heavy (non-hydrogen) atoms. The highest BCUT2D eigenvalue weighted by Gasteiger charge is 2.37. The number of terminal acetylenes is 1. The number of amides is 2. The Bertz CT molecular complexity index is 384. The van der Waals surface area contributed by atoms with Crippen LogP contribution in [-0.2, 0) is 4.79 Å². The van der Waals surface area contributed by atoms with Crippen LogP contribution in [0.4, 0.5) is 4.79 Å². The van der Waals surface area contributed by atoms with E-state index in [0.29, 0.717) is 25.4 Å². The number of likely N-dealkylation sites (tertiary alicyclic amines) is 1. The Morgan fingerprint density at radius 1 is 1.39 bits per heavy atom. The lowest BCUT2D eigenvalue weighted by Crippen LogP contribution is -2.48. The van der Waals surface area contributed by atoms with Gasteiger partial charge in [-0.2, -0.15) is 0 Å². The van der Waals surface area contributed by atoms with Crippen LogP contribution in [0.3, 0.4) is 0 Å². The predicted molar refractivity (Wildman–Crippen MR) is 65.9 cm³/mol. The number of rotatable bonds is 4. The molecular weight excluding hydrogens is 232 g/mol. The van der Waals surface area contributed by atoms with Crippen molar-refractivity contribution in [1.29, 1.82) is 0 Å². The molecule has 5 heteroatoms. The normalized spacial score (nSPS) is 22.6. The van der Waals surface area contributed by atoms with Crippen LogP contribution in [0.2, 0.25) is 0 Å². The van der Waals surface area contributed by atoms with Crippen LogP contribution >= 0.6 is 0 Å². The second kappa shape index (κ2) is 5.30. The first-order valence-corrected chi connectivity index (χ1v) is 6.35. The third-order valence-electron chi connectivity index (χ3n) is 3.51. The molecule has 1 heterocycles. The maximum atomic E-state index is 12.3. The molecule has 2 amide bonds. The van der Waals surface area contributed by atoms with Gasteiger partial charge in [-0.25, -0.2) is 9.59 Å². The lowest BCUT2D eigenvalue weighted by molar-refractivity contribution is -0.141. The van der Waals surface area contributed by atoms with Crippen LogP contribution in [0.1, 0.15) is 25.7 Å². The maximum absolute atomic E-state index is 12.3. The molecule has 1 saturated heterocycles. The van der Waals surface area contributed by atoms with Gasteiger partial charge in [-0.05, 0) is 31.6 Å². The molecule has 1 unspecified atom stereocenters. The summed E-state index contributed by atoms with van der Waals surface area (Å²) in [6.07, 6.45) is 8.83. The van der Waals surface area contributed by atoms with Gasteiger partial charge in [-0.3, -0.25) is 0 Å². The van der Waals surface area contributed by atoms with Gasteiger partial charge in [0.15, 0.2) is 0 Å². The fraction of sp³-hybridized carbons (Fsp3) is 0.692. The molecular formula is C13H18N2O3. The van der Waals surface area contributed by atoms with Crippen LogP contribution in [0, 0.1) is 18.3 Å². The number of carbonyl (C=O) groups is 2. The molecule has 1 aliphatic heterocycles. The first-order valence-electron chi connectivity index (χ1n) is 6.35. The molecule has 98 valence electrons. The lowest BCUT2D eigenvalue weighted by Gasteiger charge is -2.29. The van der Waals surface area contributed by atoms with Gasteiger partial charge < -0.3 is 14.9 Å². The van der Waals surface area contributed by atoms with Crippen molar-refractivity contribution >= 4 is 12.0 Å². The minimum Gasteiger partial charge on any atom is -0.480 e. The monoisotopic (exact) mass is 250 g/mol. The molecule has 0 spiro atoms. The summed E-state index contributed by atoms with van der Waals surface area (Å²) >= 11 is 0. The summed E-state index contributed by atoms with van der Waals surface area (Å²) in [6.45, 7) is 1.44. The van der Waals surface area contributed by atoms with Crippen molar-refractivity contribution in [1.82, 2.24) is 9.80 Å². The van der Waals surface area contributed by atoms with Crippen LogP contribution in [0.15, 0.2) is 0 Å². The second-order valence-electron chi connectivity index (χ2n) is 5.00. The van der Waals surface area contributed by atoms with Gasteiger partial charge in [-0.15, -0.1) is 6.42 Å². The molecule has 0 aromatic heterocycles. The Labute approximate surface area is 107 Å². The zero-order valence-corrected chi connectivity index (χ0v) is 10.3. The molecule has 0 aromatic carbocycles. The fourth-order valence-electron chi connectivity index (χ4n) is 2.37. The lowest BCUT2D eigenvalue weighted by atomic mass is 10.2. The standard InChI is InChI=1S/C13H18N2O3/c1-2-7-14(9-10-5-6-10)13(18)15-8-3-4-11(15)12(16)17/h1,10-11H,3-9H2,(H,16,17). The van der Waals surface area contributed by atoms with Gasteiger partial charge in [0.25, 0.3) is 0 Å². The SMILES string of the molecule is C#CCN(CC1CC1)C(=O)N1CCCC1C(=O)O. The maximum Gasteiger partial charge on any atom is 0.326 e. The van der Waals surface area contributed by atoms with Gasteiger partial charge >= 0.3 is 12.0 Å². The molecule has 1 atom stereocenters. The number of urea groups is 1. The summed E-state index contributed by atoms with van der Waals surface area (Å²) in [5, 5.41) is 9.09. The number of aliphatic carboxylic acids is 1. The zero-order chi connectivity index (χ0) is 13.1. The van der Waals surface area contributed by atoms with Crippen molar-refractivity contribution in [3.8, 4) is 12.3 Å². The van der Waals surface area contributed by atoms with E-state index in [-0.39, 0.29) is 12.6 Å². The van der Waals surface area contributed by atoms with Crippen molar-refractivity contribution in [3.05, 3.63) is 0 Å². The minimum atomic E-state index is -0.923. The van der Waals surface area contributed by atoms with E-state index in [0.717, 1.165) is 19.3 Å². The average molecular weight is 250 g/mol. The summed E-state index contributed by atoms with van der Waals surface area (Å²) in [6, 6.07) is -0.901. The second-order valence-corrected chi connectivity index (χ2v) is 5.00. The van der Waals surface area contributed by atoms with Crippen LogP contribution < -0.4 is 0 Å². The fourth-order valence-corrected chi connectivity index (χ4v) is 2.37. The molecule has 1 saturated carbocycles. The van der Waals surface area contributed by atoms with Crippen LogP contribution in [-0.4, -0.2) is 52.6 Å². The Morgan fingerprint density at radius 3 is 2.67 bits per heavy atom. The van der Waals surface area contributed by atoms with E-state index in [1.54, 1.807) is 4.90 Å². The predicted octanol–water partition coefficient (Wildman–Crippen LogP) is 1.00. The Morgan fingerprint density at radius 2 is 2.11 bits per heavy atom. The Kier molecular flexibility index (Phi) is 3.75. The molecule has 2 rings (SSSR count). The van der Waals surface area contributed by atoms with E-state index in [2.05, 4.69) is 5.92 Å². The minimum absolute atomic E-state index is 0.218. The summed E-state index contributed by atoms with van der Waals surface area (Å²) in [7, 11) is 0. The molecule has 1 aliphatic carbocycles. The van der Waals surface area contributed by atoms with E-state index in [4.69, 9.17) is 11.5 Å². The van der Waals surface area contributed by atoms with E-state index in [1.807, 2.05) is 0 Å². The van der Waals surface area contributed by atoms with E-state index in [9.17, 15) is 9.59 Å². The molecule has 0 aromatic rings. The first-order chi connectivity index (χ1) is 8.63. The molecule has 1 N–H and O–H groups in total.